The number of thioether (sulfide) groups is 1. The number of benzene rings is 1. The van der Waals surface area contributed by atoms with Crippen molar-refractivity contribution >= 4 is 11.8 Å². The maximum absolute atomic E-state index is 5.66. The second-order valence-corrected chi connectivity index (χ2v) is 5.28. The summed E-state index contributed by atoms with van der Waals surface area (Å²) in [6.45, 7) is 3.14. The Hall–Kier alpha value is -0.470. The lowest BCUT2D eigenvalue weighted by Gasteiger charge is -2.28. The highest BCUT2D eigenvalue weighted by Crippen LogP contribution is 2.28. The van der Waals surface area contributed by atoms with Gasteiger partial charge in [-0.05, 0) is 25.3 Å². The highest BCUT2D eigenvalue weighted by atomic mass is 32.2. The molecular weight excluding hydrogens is 204 g/mol. The van der Waals surface area contributed by atoms with Gasteiger partial charge < -0.3 is 4.74 Å². The third-order valence-corrected chi connectivity index (χ3v) is 4.39. The van der Waals surface area contributed by atoms with Crippen LogP contribution in [0.4, 0.5) is 0 Å². The summed E-state index contributed by atoms with van der Waals surface area (Å²) in [4.78, 5) is 0. The first-order chi connectivity index (χ1) is 7.36. The number of hydrogen-bond donors (Lipinski definition) is 0. The highest BCUT2D eigenvalue weighted by Gasteiger charge is 2.21. The summed E-state index contributed by atoms with van der Waals surface area (Å²) in [6.07, 6.45) is 2.95. The average Bonchev–Trinajstić information content (AvgIpc) is 2.29. The molecule has 1 heterocycles. The molecule has 0 spiro atoms. The summed E-state index contributed by atoms with van der Waals surface area (Å²) in [7, 11) is 0. The fourth-order valence-electron chi connectivity index (χ4n) is 1.89. The van der Waals surface area contributed by atoms with Gasteiger partial charge in [-0.25, -0.2) is 0 Å². The van der Waals surface area contributed by atoms with E-state index in [0.29, 0.717) is 11.4 Å². The van der Waals surface area contributed by atoms with Crippen molar-refractivity contribution < 1.29 is 4.74 Å². The lowest BCUT2D eigenvalue weighted by molar-refractivity contribution is 0.0335. The minimum Gasteiger partial charge on any atom is -0.377 e. The lowest BCUT2D eigenvalue weighted by Crippen LogP contribution is -2.29. The van der Waals surface area contributed by atoms with E-state index in [4.69, 9.17) is 4.74 Å². The molecule has 0 unspecified atom stereocenters. The molecule has 2 heteroatoms. The first kappa shape index (κ1) is 11.0. The molecule has 0 aliphatic carbocycles. The van der Waals surface area contributed by atoms with Gasteiger partial charge in [0.05, 0.1) is 6.10 Å². The Kier molecular flexibility index (Phi) is 4.09. The van der Waals surface area contributed by atoms with E-state index >= 15 is 0 Å². The van der Waals surface area contributed by atoms with E-state index in [1.54, 1.807) is 0 Å². The summed E-state index contributed by atoms with van der Waals surface area (Å²) in [6, 6.07) is 10.7. The number of ether oxygens (including phenoxy) is 1. The Morgan fingerprint density at radius 2 is 2.13 bits per heavy atom. The fraction of sp³-hybridized carbons (Fsp3) is 0.538. The second-order valence-electron chi connectivity index (χ2n) is 4.05. The van der Waals surface area contributed by atoms with Crippen LogP contribution in [-0.2, 0) is 10.5 Å². The van der Waals surface area contributed by atoms with Crippen LogP contribution in [-0.4, -0.2) is 18.0 Å². The molecule has 0 amide bonds. The molecule has 15 heavy (non-hydrogen) atoms. The molecule has 1 aliphatic rings. The monoisotopic (exact) mass is 222 g/mol. The third kappa shape index (κ3) is 3.25. The van der Waals surface area contributed by atoms with Gasteiger partial charge in [0.25, 0.3) is 0 Å². The third-order valence-electron chi connectivity index (χ3n) is 2.84. The molecule has 1 nitrogen and oxygen atoms in total. The molecule has 0 saturated carbocycles. The molecule has 0 aromatic heterocycles. The topological polar surface area (TPSA) is 9.23 Å². The summed E-state index contributed by atoms with van der Waals surface area (Å²) in [5, 5.41) is 0.680. The fourth-order valence-corrected chi connectivity index (χ4v) is 3.17. The van der Waals surface area contributed by atoms with Gasteiger partial charge in [-0.1, -0.05) is 30.3 Å². The Labute approximate surface area is 96.2 Å². The van der Waals surface area contributed by atoms with Gasteiger partial charge in [-0.15, -0.1) is 0 Å². The lowest BCUT2D eigenvalue weighted by atomic mass is 10.1. The van der Waals surface area contributed by atoms with Crippen LogP contribution in [0.2, 0.25) is 0 Å². The van der Waals surface area contributed by atoms with Gasteiger partial charge >= 0.3 is 0 Å². The summed E-state index contributed by atoms with van der Waals surface area (Å²) >= 11 is 2.03. The molecule has 2 rings (SSSR count). The quantitative estimate of drug-likeness (QED) is 0.774. The Morgan fingerprint density at radius 3 is 2.87 bits per heavy atom. The molecule has 0 N–H and O–H groups in total. The summed E-state index contributed by atoms with van der Waals surface area (Å²) < 4.78 is 5.66. The van der Waals surface area contributed by atoms with E-state index in [2.05, 4.69) is 37.3 Å². The normalized spacial score (nSPS) is 26.5. The Morgan fingerprint density at radius 1 is 1.33 bits per heavy atom. The predicted octanol–water partition coefficient (Wildman–Crippen LogP) is 3.49. The van der Waals surface area contributed by atoms with Crippen molar-refractivity contribution in [1.82, 2.24) is 0 Å². The van der Waals surface area contributed by atoms with Gasteiger partial charge in [0.15, 0.2) is 0 Å². The standard InChI is InChI=1S/C13H18OS/c1-11-13(8-5-9-14-11)15-10-12-6-3-2-4-7-12/h2-4,6-7,11,13H,5,8-10H2,1H3/t11-,13+/m1/s1. The second kappa shape index (κ2) is 5.57. The summed E-state index contributed by atoms with van der Waals surface area (Å²) in [5.74, 6) is 1.11. The van der Waals surface area contributed by atoms with E-state index in [-0.39, 0.29) is 0 Å². The largest absolute Gasteiger partial charge is 0.377 e. The van der Waals surface area contributed by atoms with Crippen LogP contribution in [0, 0.1) is 0 Å². The predicted molar refractivity (Wildman–Crippen MR) is 66.2 cm³/mol. The zero-order valence-corrected chi connectivity index (χ0v) is 10.0. The van der Waals surface area contributed by atoms with Crippen molar-refractivity contribution in [3.8, 4) is 0 Å². The van der Waals surface area contributed by atoms with E-state index in [9.17, 15) is 0 Å². The van der Waals surface area contributed by atoms with Crippen molar-refractivity contribution in [2.75, 3.05) is 6.61 Å². The van der Waals surface area contributed by atoms with Gasteiger partial charge in [0.1, 0.15) is 0 Å². The van der Waals surface area contributed by atoms with Crippen LogP contribution < -0.4 is 0 Å². The van der Waals surface area contributed by atoms with Crippen molar-refractivity contribution in [1.29, 1.82) is 0 Å². The van der Waals surface area contributed by atoms with Crippen LogP contribution in [0.15, 0.2) is 30.3 Å². The zero-order valence-electron chi connectivity index (χ0n) is 9.19. The van der Waals surface area contributed by atoms with Gasteiger partial charge in [0, 0.05) is 17.6 Å². The van der Waals surface area contributed by atoms with Crippen LogP contribution in [0.25, 0.3) is 0 Å². The molecule has 1 aromatic rings. The SMILES string of the molecule is C[C@H]1OCCC[C@@H]1SCc1ccccc1. The first-order valence-corrected chi connectivity index (χ1v) is 6.68. The minimum absolute atomic E-state index is 0.424. The van der Waals surface area contributed by atoms with Crippen LogP contribution in [0.5, 0.6) is 0 Å². The van der Waals surface area contributed by atoms with E-state index < -0.39 is 0 Å². The van der Waals surface area contributed by atoms with Gasteiger partial charge in [-0.2, -0.15) is 11.8 Å². The van der Waals surface area contributed by atoms with Crippen LogP contribution in [0.1, 0.15) is 25.3 Å². The molecule has 1 saturated heterocycles. The highest BCUT2D eigenvalue weighted by molar-refractivity contribution is 7.99. The smallest absolute Gasteiger partial charge is 0.0665 e. The Balaban J connectivity index is 1.82. The zero-order chi connectivity index (χ0) is 10.5. The molecular formula is C13H18OS. The molecule has 0 bridgehead atoms. The van der Waals surface area contributed by atoms with Crippen molar-refractivity contribution in [3.63, 3.8) is 0 Å². The van der Waals surface area contributed by atoms with Crippen LogP contribution >= 0.6 is 11.8 Å². The first-order valence-electron chi connectivity index (χ1n) is 5.63. The van der Waals surface area contributed by atoms with E-state index in [0.717, 1.165) is 12.4 Å². The van der Waals surface area contributed by atoms with E-state index in [1.807, 2.05) is 11.8 Å². The molecule has 1 aromatic carbocycles. The van der Waals surface area contributed by atoms with Crippen LogP contribution in [0.3, 0.4) is 0 Å². The van der Waals surface area contributed by atoms with Gasteiger partial charge in [0.2, 0.25) is 0 Å². The maximum atomic E-state index is 5.66. The molecule has 0 radical (unpaired) electrons. The van der Waals surface area contributed by atoms with Gasteiger partial charge in [-0.3, -0.25) is 0 Å². The molecule has 2 atom stereocenters. The molecule has 1 aliphatic heterocycles. The van der Waals surface area contributed by atoms with Crippen molar-refractivity contribution in [2.45, 2.75) is 36.9 Å². The maximum Gasteiger partial charge on any atom is 0.0665 e. The number of hydrogen-bond acceptors (Lipinski definition) is 2. The van der Waals surface area contributed by atoms with E-state index in [1.165, 1.54) is 18.4 Å². The number of rotatable bonds is 3. The Bertz CT molecular complexity index is 286. The minimum atomic E-state index is 0.424. The average molecular weight is 222 g/mol. The summed E-state index contributed by atoms with van der Waals surface area (Å²) in [5.41, 5.74) is 1.42. The van der Waals surface area contributed by atoms with Crippen molar-refractivity contribution in [3.05, 3.63) is 35.9 Å². The molecule has 82 valence electrons. The van der Waals surface area contributed by atoms with Crippen molar-refractivity contribution in [2.24, 2.45) is 0 Å². The molecule has 1 fully saturated rings.